The fourth-order valence-corrected chi connectivity index (χ4v) is 5.27. The predicted octanol–water partition coefficient (Wildman–Crippen LogP) is 3.35. The number of ether oxygens (including phenoxy) is 2. The van der Waals surface area contributed by atoms with Gasteiger partial charge in [-0.2, -0.15) is 10.2 Å². The summed E-state index contributed by atoms with van der Waals surface area (Å²) in [4.78, 5) is 15.9. The van der Waals surface area contributed by atoms with Crippen LogP contribution in [0.3, 0.4) is 0 Å². The summed E-state index contributed by atoms with van der Waals surface area (Å²) in [5.74, 6) is 0.285. The van der Waals surface area contributed by atoms with Gasteiger partial charge in [-0.25, -0.2) is 4.52 Å². The summed E-state index contributed by atoms with van der Waals surface area (Å²) >= 11 is 0. The molecule has 1 amide bonds. The minimum atomic E-state index is -0.266. The number of amides is 1. The third kappa shape index (κ3) is 4.74. The van der Waals surface area contributed by atoms with Crippen LogP contribution in [0.1, 0.15) is 41.9 Å². The van der Waals surface area contributed by atoms with Crippen LogP contribution >= 0.6 is 0 Å². The van der Waals surface area contributed by atoms with Gasteiger partial charge in [0.15, 0.2) is 0 Å². The number of piperidine rings is 1. The Kier molecular flexibility index (Phi) is 6.21. The molecular formula is C27H33N7O3. The summed E-state index contributed by atoms with van der Waals surface area (Å²) in [6.07, 6.45) is 6.75. The van der Waals surface area contributed by atoms with Gasteiger partial charge in [-0.3, -0.25) is 9.48 Å². The van der Waals surface area contributed by atoms with E-state index >= 15 is 0 Å². The third-order valence-corrected chi connectivity index (χ3v) is 7.25. The lowest BCUT2D eigenvalue weighted by atomic mass is 10.0. The number of aryl methyl sites for hydroxylation is 1. The number of carbonyl (C=O) groups is 1. The maximum absolute atomic E-state index is 13.5. The van der Waals surface area contributed by atoms with E-state index in [2.05, 4.69) is 20.6 Å². The molecule has 2 N–H and O–H groups in total. The molecular weight excluding hydrogens is 470 g/mol. The van der Waals surface area contributed by atoms with Gasteiger partial charge in [0.2, 0.25) is 0 Å². The average Bonchev–Trinajstić information content (AvgIpc) is 3.48. The molecule has 6 rings (SSSR count). The monoisotopic (exact) mass is 503 g/mol. The maximum Gasteiger partial charge on any atom is 0.274 e. The van der Waals surface area contributed by atoms with E-state index in [9.17, 15) is 4.79 Å². The minimum absolute atomic E-state index is 0.266. The quantitative estimate of drug-likeness (QED) is 0.381. The molecule has 194 valence electrons. The van der Waals surface area contributed by atoms with Gasteiger partial charge in [-0.15, -0.1) is 0 Å². The van der Waals surface area contributed by atoms with Crippen molar-refractivity contribution in [3.8, 4) is 5.75 Å². The van der Waals surface area contributed by atoms with Crippen molar-refractivity contribution in [1.29, 1.82) is 0 Å². The lowest BCUT2D eigenvalue weighted by Crippen LogP contribution is -2.43. The molecule has 1 aliphatic carbocycles. The molecule has 0 bridgehead atoms. The standard InChI is InChI=1S/C27H33N7O3/c1-32-15-17-12-22(26(37-3)14-21(17)31-32)29-27(35)24-7-6-23(25-13-20(16-36-2)30-34(24)25)33-10-8-19(9-11-33)28-18-4-5-18/h6-7,12-15,18-19,28H,4-5,8-11,16H2,1-3H3,(H,29,35). The zero-order chi connectivity index (χ0) is 25.5. The third-order valence-electron chi connectivity index (χ3n) is 7.25. The topological polar surface area (TPSA) is 98.0 Å². The van der Waals surface area contributed by atoms with Gasteiger partial charge in [0.05, 0.1) is 41.8 Å². The molecule has 0 spiro atoms. The van der Waals surface area contributed by atoms with E-state index in [4.69, 9.17) is 14.6 Å². The van der Waals surface area contributed by atoms with Crippen molar-refractivity contribution in [2.45, 2.75) is 44.4 Å². The Hall–Kier alpha value is -3.63. The predicted molar refractivity (Wildman–Crippen MR) is 143 cm³/mol. The molecule has 1 aliphatic heterocycles. The number of rotatable bonds is 8. The molecule has 4 heterocycles. The zero-order valence-electron chi connectivity index (χ0n) is 21.5. The van der Waals surface area contributed by atoms with Gasteiger partial charge in [-0.05, 0) is 49.9 Å². The lowest BCUT2D eigenvalue weighted by molar-refractivity contribution is 0.101. The van der Waals surface area contributed by atoms with Crippen molar-refractivity contribution >= 4 is 33.7 Å². The van der Waals surface area contributed by atoms with Crippen LogP contribution in [-0.4, -0.2) is 64.7 Å². The van der Waals surface area contributed by atoms with Crippen LogP contribution in [-0.2, 0) is 18.4 Å². The Morgan fingerprint density at radius 3 is 2.57 bits per heavy atom. The fourth-order valence-electron chi connectivity index (χ4n) is 5.27. The van der Waals surface area contributed by atoms with Gasteiger partial charge in [0, 0.05) is 57.0 Å². The van der Waals surface area contributed by atoms with Gasteiger partial charge >= 0.3 is 0 Å². The number of nitrogens with zero attached hydrogens (tertiary/aromatic N) is 5. The van der Waals surface area contributed by atoms with Gasteiger partial charge < -0.3 is 25.0 Å². The molecule has 10 nitrogen and oxygen atoms in total. The zero-order valence-corrected chi connectivity index (χ0v) is 21.5. The van der Waals surface area contributed by atoms with Gasteiger partial charge in [0.25, 0.3) is 5.91 Å². The van der Waals surface area contributed by atoms with Crippen molar-refractivity contribution in [3.05, 3.63) is 47.9 Å². The number of methoxy groups -OCH3 is 2. The Labute approximate surface area is 215 Å². The first-order valence-corrected chi connectivity index (χ1v) is 12.9. The second kappa shape index (κ2) is 9.68. The van der Waals surface area contributed by atoms with E-state index in [1.807, 2.05) is 43.6 Å². The molecule has 0 radical (unpaired) electrons. The van der Waals surface area contributed by atoms with E-state index in [0.717, 1.165) is 59.8 Å². The number of nitrogens with one attached hydrogen (secondary N) is 2. The summed E-state index contributed by atoms with van der Waals surface area (Å²) in [7, 11) is 5.10. The van der Waals surface area contributed by atoms with Crippen LogP contribution in [0.5, 0.6) is 5.75 Å². The molecule has 1 saturated carbocycles. The van der Waals surface area contributed by atoms with E-state index < -0.39 is 0 Å². The lowest BCUT2D eigenvalue weighted by Gasteiger charge is -2.34. The Morgan fingerprint density at radius 1 is 1.05 bits per heavy atom. The molecule has 2 aliphatic rings. The number of fused-ring (bicyclic) bond motifs is 2. The number of hydrogen-bond acceptors (Lipinski definition) is 7. The number of pyridine rings is 1. The Balaban J connectivity index is 1.30. The van der Waals surface area contributed by atoms with Crippen LogP contribution in [0.4, 0.5) is 11.4 Å². The summed E-state index contributed by atoms with van der Waals surface area (Å²) < 4.78 is 14.4. The van der Waals surface area contributed by atoms with Crippen LogP contribution in [0.25, 0.3) is 16.4 Å². The Morgan fingerprint density at radius 2 is 1.84 bits per heavy atom. The highest BCUT2D eigenvalue weighted by Gasteiger charge is 2.28. The molecule has 37 heavy (non-hydrogen) atoms. The van der Waals surface area contributed by atoms with Crippen LogP contribution in [0.2, 0.25) is 0 Å². The second-order valence-corrected chi connectivity index (χ2v) is 10.0. The minimum Gasteiger partial charge on any atom is -0.494 e. The molecule has 0 unspecified atom stereocenters. The second-order valence-electron chi connectivity index (χ2n) is 10.0. The Bertz CT molecular complexity index is 1450. The highest BCUT2D eigenvalue weighted by molar-refractivity contribution is 6.06. The first kappa shape index (κ1) is 23.7. The van der Waals surface area contributed by atoms with Crippen LogP contribution in [0, 0.1) is 0 Å². The normalized spacial score (nSPS) is 16.6. The van der Waals surface area contributed by atoms with Gasteiger partial charge in [-0.1, -0.05) is 0 Å². The van der Waals surface area contributed by atoms with Crippen molar-refractivity contribution in [3.63, 3.8) is 0 Å². The molecule has 4 aromatic rings. The van der Waals surface area contributed by atoms with Crippen molar-refractivity contribution < 1.29 is 14.3 Å². The van der Waals surface area contributed by atoms with E-state index in [1.165, 1.54) is 12.8 Å². The number of carbonyl (C=O) groups excluding carboxylic acids is 1. The molecule has 2 fully saturated rings. The summed E-state index contributed by atoms with van der Waals surface area (Å²) in [6, 6.07) is 10.9. The highest BCUT2D eigenvalue weighted by atomic mass is 16.5. The first-order valence-electron chi connectivity index (χ1n) is 12.9. The summed E-state index contributed by atoms with van der Waals surface area (Å²) in [5.41, 5.74) is 4.60. The van der Waals surface area contributed by atoms with Crippen LogP contribution < -0.4 is 20.3 Å². The molecule has 1 aromatic carbocycles. The highest BCUT2D eigenvalue weighted by Crippen LogP contribution is 2.32. The molecule has 10 heteroatoms. The first-order chi connectivity index (χ1) is 18.0. The smallest absolute Gasteiger partial charge is 0.274 e. The molecule has 0 atom stereocenters. The van der Waals surface area contributed by atoms with E-state index in [0.29, 0.717) is 29.8 Å². The summed E-state index contributed by atoms with van der Waals surface area (Å²) in [6.45, 7) is 2.32. The van der Waals surface area contributed by atoms with Crippen molar-refractivity contribution in [2.24, 2.45) is 7.05 Å². The van der Waals surface area contributed by atoms with Gasteiger partial charge in [0.1, 0.15) is 11.4 Å². The molecule has 3 aromatic heterocycles. The SMILES string of the molecule is COCc1cc2c(N3CCC(NC4CC4)CC3)ccc(C(=O)Nc3cc4cn(C)nc4cc3OC)n2n1. The van der Waals surface area contributed by atoms with Crippen LogP contribution in [0.15, 0.2) is 36.5 Å². The largest absolute Gasteiger partial charge is 0.494 e. The van der Waals surface area contributed by atoms with E-state index in [-0.39, 0.29) is 5.91 Å². The molecule has 1 saturated heterocycles. The van der Waals surface area contributed by atoms with E-state index in [1.54, 1.807) is 23.4 Å². The number of aromatic nitrogens is 4. The number of anilines is 2. The maximum atomic E-state index is 13.5. The number of benzene rings is 1. The number of hydrogen-bond donors (Lipinski definition) is 2. The van der Waals surface area contributed by atoms with Crippen molar-refractivity contribution in [1.82, 2.24) is 24.7 Å². The van der Waals surface area contributed by atoms with Crippen molar-refractivity contribution in [2.75, 3.05) is 37.5 Å². The summed E-state index contributed by atoms with van der Waals surface area (Å²) in [5, 5.41) is 16.9. The fraction of sp³-hybridized carbons (Fsp3) is 0.444. The average molecular weight is 504 g/mol.